The molecule has 6 nitrogen and oxygen atoms in total. The normalized spacial score (nSPS) is 18.4. The predicted molar refractivity (Wildman–Crippen MR) is 114 cm³/mol. The van der Waals surface area contributed by atoms with Crippen molar-refractivity contribution in [3.8, 4) is 5.75 Å². The van der Waals surface area contributed by atoms with E-state index in [0.29, 0.717) is 36.1 Å². The molecule has 1 aromatic carbocycles. The number of hydrogen-bond donors (Lipinski definition) is 1. The summed E-state index contributed by atoms with van der Waals surface area (Å²) in [7, 11) is 0. The number of carbonyl (C=O) groups excluding carboxylic acids is 2. The van der Waals surface area contributed by atoms with Crippen molar-refractivity contribution in [3.63, 3.8) is 0 Å². The molecule has 2 aromatic rings. The summed E-state index contributed by atoms with van der Waals surface area (Å²) in [6.07, 6.45) is 4.23. The average Bonchev–Trinajstić information content (AvgIpc) is 3.35. The van der Waals surface area contributed by atoms with E-state index in [1.807, 2.05) is 0 Å². The second-order valence-electron chi connectivity index (χ2n) is 7.94. The van der Waals surface area contributed by atoms with Crippen LogP contribution in [-0.2, 0) is 9.59 Å². The highest BCUT2D eigenvalue weighted by Gasteiger charge is 2.47. The van der Waals surface area contributed by atoms with Gasteiger partial charge >= 0.3 is 0 Å². The van der Waals surface area contributed by atoms with Crippen LogP contribution in [-0.4, -0.2) is 34.8 Å². The van der Waals surface area contributed by atoms with Crippen LogP contribution in [0.25, 0.3) is 5.76 Å². The van der Waals surface area contributed by atoms with Gasteiger partial charge in [0, 0.05) is 12.1 Å². The Hall–Kier alpha value is -3.02. The molecule has 1 aliphatic heterocycles. The zero-order valence-electron chi connectivity index (χ0n) is 17.8. The number of rotatable bonds is 9. The molecule has 3 rings (SSSR count). The fourth-order valence-corrected chi connectivity index (χ4v) is 3.51. The minimum atomic E-state index is -0.728. The molecular weight excluding hydrogens is 382 g/mol. The molecule has 0 saturated carbocycles. The summed E-state index contributed by atoms with van der Waals surface area (Å²) in [4.78, 5) is 27.1. The molecule has 1 saturated heterocycles. The lowest BCUT2D eigenvalue weighted by atomic mass is 9.99. The molecule has 0 radical (unpaired) electrons. The summed E-state index contributed by atoms with van der Waals surface area (Å²) in [5, 5.41) is 11.0. The first kappa shape index (κ1) is 21.7. The van der Waals surface area contributed by atoms with Crippen molar-refractivity contribution in [1.82, 2.24) is 4.90 Å². The Bertz CT molecular complexity index is 896. The molecule has 160 valence electrons. The fraction of sp³-hybridized carbons (Fsp3) is 0.417. The summed E-state index contributed by atoms with van der Waals surface area (Å²) in [6, 6.07) is 9.58. The van der Waals surface area contributed by atoms with Crippen molar-refractivity contribution in [2.45, 2.75) is 46.1 Å². The summed E-state index contributed by atoms with van der Waals surface area (Å²) in [5.41, 5.74) is 0.511. The molecule has 1 unspecified atom stereocenters. The molecule has 1 fully saturated rings. The summed E-state index contributed by atoms with van der Waals surface area (Å²) < 4.78 is 11.2. The summed E-state index contributed by atoms with van der Waals surface area (Å²) in [6.45, 7) is 7.23. The molecular formula is C24H29NO5. The van der Waals surface area contributed by atoms with E-state index in [-0.39, 0.29) is 11.3 Å². The van der Waals surface area contributed by atoms with Crippen molar-refractivity contribution < 1.29 is 23.8 Å². The SMILES string of the molecule is CCCCCN1C(=O)C(=O)/C(=C(\O)c2ccc(OCC(C)C)cc2)C1c1ccco1. The molecule has 0 spiro atoms. The lowest BCUT2D eigenvalue weighted by Crippen LogP contribution is -2.30. The Morgan fingerprint density at radius 1 is 1.17 bits per heavy atom. The van der Waals surface area contributed by atoms with E-state index in [0.717, 1.165) is 19.3 Å². The molecule has 1 N–H and O–H groups in total. The van der Waals surface area contributed by atoms with Crippen molar-refractivity contribution >= 4 is 17.4 Å². The van der Waals surface area contributed by atoms with Crippen LogP contribution in [0.5, 0.6) is 5.75 Å². The Morgan fingerprint density at radius 3 is 2.50 bits per heavy atom. The van der Waals surface area contributed by atoms with Crippen LogP contribution in [0.3, 0.4) is 0 Å². The number of aliphatic hydroxyl groups excluding tert-OH is 1. The van der Waals surface area contributed by atoms with Crippen LogP contribution in [0.1, 0.15) is 57.4 Å². The molecule has 0 aliphatic carbocycles. The second kappa shape index (κ2) is 9.65. The molecule has 0 bridgehead atoms. The summed E-state index contributed by atoms with van der Waals surface area (Å²) >= 11 is 0. The van der Waals surface area contributed by atoms with Crippen molar-refractivity contribution in [1.29, 1.82) is 0 Å². The second-order valence-corrected chi connectivity index (χ2v) is 7.94. The number of unbranched alkanes of at least 4 members (excludes halogenated alkanes) is 2. The predicted octanol–water partition coefficient (Wildman–Crippen LogP) is 4.93. The molecule has 1 aromatic heterocycles. The van der Waals surface area contributed by atoms with Crippen LogP contribution >= 0.6 is 0 Å². The highest BCUT2D eigenvalue weighted by molar-refractivity contribution is 6.46. The maximum absolute atomic E-state index is 12.8. The number of ether oxygens (including phenoxy) is 1. The number of likely N-dealkylation sites (tertiary alicyclic amines) is 1. The van der Waals surface area contributed by atoms with Crippen molar-refractivity contribution in [2.24, 2.45) is 5.92 Å². The first-order chi connectivity index (χ1) is 14.4. The van der Waals surface area contributed by atoms with Crippen LogP contribution in [0.4, 0.5) is 0 Å². The van der Waals surface area contributed by atoms with E-state index in [2.05, 4.69) is 20.8 Å². The van der Waals surface area contributed by atoms with Crippen molar-refractivity contribution in [3.05, 3.63) is 59.6 Å². The Balaban J connectivity index is 1.95. The number of benzene rings is 1. The monoisotopic (exact) mass is 411 g/mol. The maximum Gasteiger partial charge on any atom is 0.295 e. The lowest BCUT2D eigenvalue weighted by molar-refractivity contribution is -0.140. The minimum absolute atomic E-state index is 0.0577. The highest BCUT2D eigenvalue weighted by atomic mass is 16.5. The van der Waals surface area contributed by atoms with Gasteiger partial charge in [-0.2, -0.15) is 0 Å². The lowest BCUT2D eigenvalue weighted by Gasteiger charge is -2.23. The third kappa shape index (κ3) is 4.58. The molecule has 1 atom stereocenters. The largest absolute Gasteiger partial charge is 0.507 e. The van der Waals surface area contributed by atoms with Gasteiger partial charge in [-0.3, -0.25) is 9.59 Å². The van der Waals surface area contributed by atoms with Crippen LogP contribution in [0, 0.1) is 5.92 Å². The number of hydrogen-bond acceptors (Lipinski definition) is 5. The Labute approximate surface area is 177 Å². The van der Waals surface area contributed by atoms with Gasteiger partial charge in [-0.1, -0.05) is 33.6 Å². The molecule has 1 aliphatic rings. The van der Waals surface area contributed by atoms with Crippen molar-refractivity contribution in [2.75, 3.05) is 13.2 Å². The third-order valence-electron chi connectivity index (χ3n) is 5.07. The van der Waals surface area contributed by atoms with E-state index in [4.69, 9.17) is 9.15 Å². The number of ketones is 1. The quantitative estimate of drug-likeness (QED) is 0.274. The number of aliphatic hydroxyl groups is 1. The number of amides is 1. The average molecular weight is 411 g/mol. The van der Waals surface area contributed by atoms with Crippen LogP contribution in [0.15, 0.2) is 52.7 Å². The van der Waals surface area contributed by atoms with Gasteiger partial charge < -0.3 is 19.2 Å². The smallest absolute Gasteiger partial charge is 0.295 e. The highest BCUT2D eigenvalue weighted by Crippen LogP contribution is 2.39. The van der Waals surface area contributed by atoms with Gasteiger partial charge in [-0.25, -0.2) is 0 Å². The van der Waals surface area contributed by atoms with E-state index in [1.165, 1.54) is 11.2 Å². The van der Waals surface area contributed by atoms with Gasteiger partial charge in [0.2, 0.25) is 0 Å². The van der Waals surface area contributed by atoms with Gasteiger partial charge in [0.1, 0.15) is 23.3 Å². The summed E-state index contributed by atoms with van der Waals surface area (Å²) in [5.74, 6) is 0.0432. The zero-order chi connectivity index (χ0) is 21.7. The van der Waals surface area contributed by atoms with Crippen LogP contribution < -0.4 is 4.74 Å². The Kier molecular flexibility index (Phi) is 6.98. The van der Waals surface area contributed by atoms with Gasteiger partial charge in [-0.05, 0) is 48.7 Å². The maximum atomic E-state index is 12.8. The van der Waals surface area contributed by atoms with E-state index < -0.39 is 17.7 Å². The standard InChI is InChI=1S/C24H29NO5/c1-4-5-6-13-25-21(19-8-7-14-29-19)20(23(27)24(25)28)22(26)17-9-11-18(12-10-17)30-15-16(2)3/h7-12,14,16,21,26H,4-6,13,15H2,1-3H3/b22-20-. The first-order valence-corrected chi connectivity index (χ1v) is 10.5. The van der Waals surface area contributed by atoms with E-state index in [1.54, 1.807) is 36.4 Å². The molecule has 6 heteroatoms. The van der Waals surface area contributed by atoms with E-state index >= 15 is 0 Å². The number of Topliss-reactive ketones (excluding diaryl/α,β-unsaturated/α-hetero) is 1. The minimum Gasteiger partial charge on any atom is -0.507 e. The van der Waals surface area contributed by atoms with Gasteiger partial charge in [0.15, 0.2) is 0 Å². The van der Waals surface area contributed by atoms with E-state index in [9.17, 15) is 14.7 Å². The first-order valence-electron chi connectivity index (χ1n) is 10.5. The zero-order valence-corrected chi connectivity index (χ0v) is 17.8. The van der Waals surface area contributed by atoms with Crippen LogP contribution in [0.2, 0.25) is 0 Å². The molecule has 30 heavy (non-hydrogen) atoms. The van der Waals surface area contributed by atoms with Gasteiger partial charge in [0.05, 0.1) is 18.4 Å². The number of furan rings is 1. The molecule has 2 heterocycles. The topological polar surface area (TPSA) is 80.0 Å². The van der Waals surface area contributed by atoms with Gasteiger partial charge in [0.25, 0.3) is 11.7 Å². The van der Waals surface area contributed by atoms with Gasteiger partial charge in [-0.15, -0.1) is 0 Å². The number of carbonyl (C=O) groups is 2. The molecule has 1 amide bonds. The Morgan fingerprint density at radius 2 is 1.90 bits per heavy atom. The fourth-order valence-electron chi connectivity index (χ4n) is 3.51. The number of nitrogens with zero attached hydrogens (tertiary/aromatic N) is 1. The third-order valence-corrected chi connectivity index (χ3v) is 5.07.